The summed E-state index contributed by atoms with van der Waals surface area (Å²) in [7, 11) is -0.455. The van der Waals surface area contributed by atoms with Gasteiger partial charge in [0.15, 0.2) is 8.32 Å². The molecule has 2 rings (SSSR count). The molecule has 0 saturated carbocycles. The molecule has 0 fully saturated rings. The van der Waals surface area contributed by atoms with Crippen molar-refractivity contribution in [3.05, 3.63) is 23.8 Å². The van der Waals surface area contributed by atoms with Gasteiger partial charge in [0.1, 0.15) is 11.2 Å². The van der Waals surface area contributed by atoms with E-state index in [0.717, 1.165) is 11.3 Å². The third kappa shape index (κ3) is 3.06. The van der Waals surface area contributed by atoms with Gasteiger partial charge in [-0.1, -0.05) is 20.8 Å². The van der Waals surface area contributed by atoms with Crippen LogP contribution >= 0.6 is 0 Å². The highest BCUT2D eigenvalue weighted by Gasteiger charge is 2.49. The Morgan fingerprint density at radius 2 is 2.00 bits per heavy atom. The summed E-state index contributed by atoms with van der Waals surface area (Å²) in [5.41, 5.74) is 0.538. The van der Waals surface area contributed by atoms with Gasteiger partial charge in [0, 0.05) is 5.69 Å². The van der Waals surface area contributed by atoms with Gasteiger partial charge in [-0.25, -0.2) is 0 Å². The molecule has 1 heterocycles. The minimum atomic E-state index is -2.04. The van der Waals surface area contributed by atoms with Crippen molar-refractivity contribution in [3.63, 3.8) is 0 Å². The maximum atomic E-state index is 12.7. The molecule has 130 valence electrons. The second kappa shape index (κ2) is 6.23. The lowest BCUT2D eigenvalue weighted by Gasteiger charge is -2.39. The Labute approximate surface area is 145 Å². The molecule has 0 bridgehead atoms. The van der Waals surface area contributed by atoms with Crippen LogP contribution in [0.15, 0.2) is 18.2 Å². The van der Waals surface area contributed by atoms with Gasteiger partial charge in [0.25, 0.3) is 0 Å². The number of nitrogens with zero attached hydrogens (tertiary/aromatic N) is 1. The van der Waals surface area contributed by atoms with Gasteiger partial charge < -0.3 is 14.5 Å². The standard InChI is InChI=1S/C18H26N2O3Si/c1-17(2,3)24(5,6)23-12-18(9-10-19)14-11-13(22-4)7-8-15(14)20-16(18)21/h7-8,11H,9,12H2,1-6H3,(H,20,21)/t18-/m1/s1. The molecule has 6 heteroatoms. The Morgan fingerprint density at radius 3 is 2.54 bits per heavy atom. The van der Waals surface area contributed by atoms with Gasteiger partial charge in [0.05, 0.1) is 26.2 Å². The van der Waals surface area contributed by atoms with E-state index in [-0.39, 0.29) is 24.0 Å². The summed E-state index contributed by atoms with van der Waals surface area (Å²) in [5.74, 6) is 0.492. The van der Waals surface area contributed by atoms with Gasteiger partial charge in [-0.15, -0.1) is 0 Å². The van der Waals surface area contributed by atoms with Crippen LogP contribution in [0, 0.1) is 11.3 Å². The highest BCUT2D eigenvalue weighted by molar-refractivity contribution is 6.74. The molecule has 0 saturated heterocycles. The lowest BCUT2D eigenvalue weighted by Crippen LogP contribution is -2.47. The summed E-state index contributed by atoms with van der Waals surface area (Å²) >= 11 is 0. The van der Waals surface area contributed by atoms with Crippen LogP contribution in [0.3, 0.4) is 0 Å². The molecular weight excluding hydrogens is 320 g/mol. The average molecular weight is 347 g/mol. The predicted molar refractivity (Wildman–Crippen MR) is 96.7 cm³/mol. The zero-order chi connectivity index (χ0) is 18.2. The van der Waals surface area contributed by atoms with Crippen LogP contribution in [-0.2, 0) is 14.6 Å². The highest BCUT2D eigenvalue weighted by Crippen LogP contribution is 2.44. The van der Waals surface area contributed by atoms with Crippen LogP contribution in [0.2, 0.25) is 18.1 Å². The van der Waals surface area contributed by atoms with Crippen LogP contribution in [0.4, 0.5) is 5.69 Å². The third-order valence-corrected chi connectivity index (χ3v) is 9.77. The zero-order valence-corrected chi connectivity index (χ0v) is 16.3. The molecule has 0 aromatic heterocycles. The number of hydrogen-bond acceptors (Lipinski definition) is 4. The van der Waals surface area contributed by atoms with Gasteiger partial charge in [-0.2, -0.15) is 5.26 Å². The van der Waals surface area contributed by atoms with Crippen LogP contribution in [0.1, 0.15) is 32.8 Å². The van der Waals surface area contributed by atoms with E-state index in [0.29, 0.717) is 5.75 Å². The molecule has 0 unspecified atom stereocenters. The number of carbonyl (C=O) groups excluding carboxylic acids is 1. The van der Waals surface area contributed by atoms with Crippen LogP contribution in [0.25, 0.3) is 0 Å². The number of nitrogens with one attached hydrogen (secondary N) is 1. The summed E-state index contributed by atoms with van der Waals surface area (Å²) < 4.78 is 11.6. The number of ether oxygens (including phenoxy) is 1. The van der Waals surface area contributed by atoms with Crippen molar-refractivity contribution in [3.8, 4) is 11.8 Å². The molecule has 1 aliphatic heterocycles. The highest BCUT2D eigenvalue weighted by atomic mass is 28.4. The largest absolute Gasteiger partial charge is 0.497 e. The lowest BCUT2D eigenvalue weighted by atomic mass is 9.80. The molecule has 1 atom stereocenters. The number of methoxy groups -OCH3 is 1. The van der Waals surface area contributed by atoms with Crippen molar-refractivity contribution >= 4 is 19.9 Å². The van der Waals surface area contributed by atoms with Crippen LogP contribution in [0.5, 0.6) is 5.75 Å². The minimum Gasteiger partial charge on any atom is -0.497 e. The van der Waals surface area contributed by atoms with E-state index in [9.17, 15) is 10.1 Å². The number of benzene rings is 1. The molecule has 1 aromatic carbocycles. The van der Waals surface area contributed by atoms with E-state index >= 15 is 0 Å². The van der Waals surface area contributed by atoms with Crippen molar-refractivity contribution in [2.75, 3.05) is 19.0 Å². The Hall–Kier alpha value is -1.84. The van der Waals surface area contributed by atoms with E-state index in [1.54, 1.807) is 13.2 Å². The van der Waals surface area contributed by atoms with Crippen LogP contribution < -0.4 is 10.1 Å². The fraction of sp³-hybridized carbons (Fsp3) is 0.556. The third-order valence-electron chi connectivity index (χ3n) is 5.29. The number of carbonyl (C=O) groups is 1. The van der Waals surface area contributed by atoms with Crippen LogP contribution in [-0.4, -0.2) is 27.9 Å². The Kier molecular flexibility index (Phi) is 4.80. The number of hydrogen-bond donors (Lipinski definition) is 1. The topological polar surface area (TPSA) is 71.3 Å². The first-order chi connectivity index (χ1) is 11.1. The Balaban J connectivity index is 2.43. The van der Waals surface area contributed by atoms with Gasteiger partial charge in [0.2, 0.25) is 5.91 Å². The fourth-order valence-corrected chi connectivity index (χ4v) is 3.58. The first kappa shape index (κ1) is 18.5. The maximum Gasteiger partial charge on any atom is 0.238 e. The number of fused-ring (bicyclic) bond motifs is 1. The van der Waals surface area contributed by atoms with Crippen molar-refractivity contribution in [2.45, 2.75) is 50.7 Å². The molecule has 0 radical (unpaired) electrons. The number of nitriles is 1. The molecule has 1 amide bonds. The quantitative estimate of drug-likeness (QED) is 0.823. The normalized spacial score (nSPS) is 20.3. The second-order valence-corrected chi connectivity index (χ2v) is 12.6. The molecule has 1 N–H and O–H groups in total. The van der Waals surface area contributed by atoms with Crippen molar-refractivity contribution in [2.24, 2.45) is 0 Å². The van der Waals surface area contributed by atoms with Crippen molar-refractivity contribution in [1.29, 1.82) is 5.26 Å². The molecule has 0 spiro atoms. The molecular formula is C18H26N2O3Si. The van der Waals surface area contributed by atoms with E-state index in [4.69, 9.17) is 9.16 Å². The summed E-state index contributed by atoms with van der Waals surface area (Å²) in [4.78, 5) is 12.7. The summed E-state index contributed by atoms with van der Waals surface area (Å²) in [6.45, 7) is 11.0. The summed E-state index contributed by atoms with van der Waals surface area (Å²) in [6.07, 6.45) is 0.0770. The zero-order valence-electron chi connectivity index (χ0n) is 15.3. The molecule has 1 aromatic rings. The monoisotopic (exact) mass is 346 g/mol. The van der Waals surface area contributed by atoms with E-state index < -0.39 is 13.7 Å². The first-order valence-corrected chi connectivity index (χ1v) is 11.0. The lowest BCUT2D eigenvalue weighted by molar-refractivity contribution is -0.121. The predicted octanol–water partition coefficient (Wildman–Crippen LogP) is 3.82. The second-order valence-electron chi connectivity index (χ2n) is 7.83. The first-order valence-electron chi connectivity index (χ1n) is 8.08. The Morgan fingerprint density at radius 1 is 1.33 bits per heavy atom. The maximum absolute atomic E-state index is 12.7. The van der Waals surface area contributed by atoms with Gasteiger partial charge >= 0.3 is 0 Å². The van der Waals surface area contributed by atoms with E-state index in [2.05, 4.69) is 45.3 Å². The molecule has 1 aliphatic rings. The number of rotatable bonds is 5. The fourth-order valence-electron chi connectivity index (χ4n) is 2.54. The van der Waals surface area contributed by atoms with E-state index in [1.807, 2.05) is 12.1 Å². The van der Waals surface area contributed by atoms with E-state index in [1.165, 1.54) is 0 Å². The molecule has 5 nitrogen and oxygen atoms in total. The average Bonchev–Trinajstić information content (AvgIpc) is 2.76. The number of amides is 1. The molecule has 0 aliphatic carbocycles. The van der Waals surface area contributed by atoms with Crippen molar-refractivity contribution in [1.82, 2.24) is 0 Å². The summed E-state index contributed by atoms with van der Waals surface area (Å²) in [5, 5.41) is 12.3. The number of anilines is 1. The van der Waals surface area contributed by atoms with Crippen molar-refractivity contribution < 1.29 is 14.0 Å². The molecule has 24 heavy (non-hydrogen) atoms. The Bertz CT molecular complexity index is 688. The SMILES string of the molecule is COc1ccc2c(c1)[C@@](CC#N)(CO[Si](C)(C)C(C)(C)C)C(=O)N2. The van der Waals surface area contributed by atoms with Gasteiger partial charge in [-0.05, 0) is 41.9 Å². The minimum absolute atomic E-state index is 0.0348. The summed E-state index contributed by atoms with van der Waals surface area (Å²) in [6, 6.07) is 7.62. The smallest absolute Gasteiger partial charge is 0.238 e. The van der Waals surface area contributed by atoms with Gasteiger partial charge in [-0.3, -0.25) is 4.79 Å².